The van der Waals surface area contributed by atoms with E-state index in [1.807, 2.05) is 63.2 Å². The van der Waals surface area contributed by atoms with E-state index in [1.165, 1.54) is 5.01 Å². The lowest BCUT2D eigenvalue weighted by molar-refractivity contribution is -0.116. The normalized spacial score (nSPS) is 18.2. The molecule has 1 amide bonds. The van der Waals surface area contributed by atoms with Crippen molar-refractivity contribution < 1.29 is 9.59 Å². The molecule has 0 N–H and O–H groups in total. The molecular formula is C25H26N4O2. The first kappa shape index (κ1) is 20.7. The average Bonchev–Trinajstić information content (AvgIpc) is 3.39. The van der Waals surface area contributed by atoms with Gasteiger partial charge in [-0.05, 0) is 31.4 Å². The number of benzene rings is 2. The molecular weight excluding hydrogens is 388 g/mol. The number of hydrazone groups is 1. The Kier molecular flexibility index (Phi) is 5.55. The van der Waals surface area contributed by atoms with Crippen molar-refractivity contribution in [1.82, 2.24) is 14.8 Å². The second-order valence-corrected chi connectivity index (χ2v) is 8.20. The second kappa shape index (κ2) is 8.30. The number of aromatic nitrogens is 2. The van der Waals surface area contributed by atoms with E-state index in [-0.39, 0.29) is 5.91 Å². The lowest BCUT2D eigenvalue weighted by Gasteiger charge is -2.29. The predicted octanol–water partition coefficient (Wildman–Crippen LogP) is 4.15. The molecule has 4 rings (SSSR count). The van der Waals surface area contributed by atoms with Crippen LogP contribution >= 0.6 is 0 Å². The van der Waals surface area contributed by atoms with Crippen molar-refractivity contribution in [3.63, 3.8) is 0 Å². The first-order chi connectivity index (χ1) is 14.9. The van der Waals surface area contributed by atoms with Crippen molar-refractivity contribution in [2.45, 2.75) is 45.7 Å². The SMILES string of the molecule is CCC1(C=O)CC(c2cc(C)cc(C)c2)=NN1C(=O)c1cnn(Cc2ccccc2)c1. The summed E-state index contributed by atoms with van der Waals surface area (Å²) in [7, 11) is 0. The summed E-state index contributed by atoms with van der Waals surface area (Å²) in [5.74, 6) is -0.312. The fourth-order valence-corrected chi connectivity index (χ4v) is 4.07. The van der Waals surface area contributed by atoms with Crippen LogP contribution in [0.5, 0.6) is 0 Å². The van der Waals surface area contributed by atoms with E-state index in [1.54, 1.807) is 17.1 Å². The number of rotatable bonds is 6. The van der Waals surface area contributed by atoms with Gasteiger partial charge >= 0.3 is 0 Å². The van der Waals surface area contributed by atoms with Crippen molar-refractivity contribution in [1.29, 1.82) is 0 Å². The van der Waals surface area contributed by atoms with Crippen LogP contribution in [0, 0.1) is 13.8 Å². The quantitative estimate of drug-likeness (QED) is 0.569. The van der Waals surface area contributed by atoms with E-state index in [9.17, 15) is 9.59 Å². The molecule has 1 aliphatic rings. The zero-order valence-electron chi connectivity index (χ0n) is 18.1. The minimum absolute atomic E-state index is 0.312. The number of carbonyl (C=O) groups is 2. The maximum Gasteiger partial charge on any atom is 0.278 e. The standard InChI is InChI=1S/C25H26N4O2/c1-4-25(17-30)13-23(21-11-18(2)10-19(3)12-21)27-29(25)24(31)22-14-26-28(16-22)15-20-8-6-5-7-9-20/h5-12,14,16-17H,4,13,15H2,1-3H3. The molecule has 31 heavy (non-hydrogen) atoms. The number of hydrogen-bond acceptors (Lipinski definition) is 4. The Balaban J connectivity index is 1.64. The maximum atomic E-state index is 13.4. The van der Waals surface area contributed by atoms with E-state index in [0.717, 1.165) is 34.3 Å². The van der Waals surface area contributed by atoms with Gasteiger partial charge in [0, 0.05) is 12.6 Å². The third-order valence-electron chi connectivity index (χ3n) is 5.76. The highest BCUT2D eigenvalue weighted by atomic mass is 16.2. The average molecular weight is 415 g/mol. The van der Waals surface area contributed by atoms with Crippen molar-refractivity contribution in [3.8, 4) is 0 Å². The van der Waals surface area contributed by atoms with Gasteiger partial charge in [-0.2, -0.15) is 10.2 Å². The Labute approximate surface area is 182 Å². The molecule has 0 aliphatic carbocycles. The number of aryl methyl sites for hydroxylation is 2. The van der Waals surface area contributed by atoms with Gasteiger partial charge < -0.3 is 4.79 Å². The molecule has 6 nitrogen and oxygen atoms in total. The van der Waals surface area contributed by atoms with Crippen LogP contribution in [0.15, 0.2) is 66.0 Å². The van der Waals surface area contributed by atoms with E-state index in [2.05, 4.69) is 16.3 Å². The number of amides is 1. The molecule has 1 atom stereocenters. The molecule has 0 saturated heterocycles. The maximum absolute atomic E-state index is 13.4. The molecule has 2 aromatic carbocycles. The largest absolute Gasteiger partial charge is 0.301 e. The van der Waals surface area contributed by atoms with Crippen LogP contribution in [0.25, 0.3) is 0 Å². The minimum atomic E-state index is -0.981. The first-order valence-electron chi connectivity index (χ1n) is 10.5. The summed E-state index contributed by atoms with van der Waals surface area (Å²) >= 11 is 0. The van der Waals surface area contributed by atoms with Crippen LogP contribution in [0.2, 0.25) is 0 Å². The smallest absolute Gasteiger partial charge is 0.278 e. The van der Waals surface area contributed by atoms with Gasteiger partial charge in [0.25, 0.3) is 5.91 Å². The van der Waals surface area contributed by atoms with E-state index >= 15 is 0 Å². The van der Waals surface area contributed by atoms with Crippen molar-refractivity contribution in [2.75, 3.05) is 0 Å². The summed E-state index contributed by atoms with van der Waals surface area (Å²) in [4.78, 5) is 25.5. The van der Waals surface area contributed by atoms with Crippen LogP contribution in [-0.2, 0) is 11.3 Å². The number of nitrogens with zero attached hydrogens (tertiary/aromatic N) is 4. The number of aldehydes is 1. The first-order valence-corrected chi connectivity index (χ1v) is 10.5. The molecule has 2 heterocycles. The highest BCUT2D eigenvalue weighted by Gasteiger charge is 2.45. The molecule has 1 aliphatic heterocycles. The Morgan fingerprint density at radius 2 is 1.84 bits per heavy atom. The summed E-state index contributed by atoms with van der Waals surface area (Å²) in [5.41, 5.74) is 4.48. The lowest BCUT2D eigenvalue weighted by Crippen LogP contribution is -2.47. The number of carbonyl (C=O) groups excluding carboxylic acids is 2. The molecule has 3 aromatic rings. The van der Waals surface area contributed by atoms with Gasteiger partial charge in [0.2, 0.25) is 0 Å². The predicted molar refractivity (Wildman–Crippen MR) is 120 cm³/mol. The van der Waals surface area contributed by atoms with Crippen LogP contribution < -0.4 is 0 Å². The van der Waals surface area contributed by atoms with Gasteiger partial charge in [0.1, 0.15) is 11.8 Å². The molecule has 0 spiro atoms. The Bertz CT molecular complexity index is 1130. The highest BCUT2D eigenvalue weighted by Crippen LogP contribution is 2.33. The Hall–Kier alpha value is -3.54. The fraction of sp³-hybridized carbons (Fsp3) is 0.280. The zero-order chi connectivity index (χ0) is 22.0. The minimum Gasteiger partial charge on any atom is -0.301 e. The van der Waals surface area contributed by atoms with Crippen LogP contribution in [0.3, 0.4) is 0 Å². The van der Waals surface area contributed by atoms with Gasteiger partial charge in [-0.15, -0.1) is 0 Å². The molecule has 1 aromatic heterocycles. The van der Waals surface area contributed by atoms with Crippen LogP contribution in [0.1, 0.15) is 52.4 Å². The van der Waals surface area contributed by atoms with Gasteiger partial charge in [0.15, 0.2) is 0 Å². The monoisotopic (exact) mass is 414 g/mol. The molecule has 6 heteroatoms. The molecule has 1 unspecified atom stereocenters. The topological polar surface area (TPSA) is 67.6 Å². The summed E-state index contributed by atoms with van der Waals surface area (Å²) < 4.78 is 1.72. The van der Waals surface area contributed by atoms with E-state index < -0.39 is 5.54 Å². The summed E-state index contributed by atoms with van der Waals surface area (Å²) in [6, 6.07) is 16.1. The van der Waals surface area contributed by atoms with Crippen molar-refractivity contribution in [3.05, 3.63) is 88.7 Å². The molecule has 0 radical (unpaired) electrons. The van der Waals surface area contributed by atoms with Gasteiger partial charge in [-0.3, -0.25) is 9.48 Å². The van der Waals surface area contributed by atoms with Gasteiger partial charge in [-0.1, -0.05) is 66.6 Å². The van der Waals surface area contributed by atoms with Crippen molar-refractivity contribution in [2.24, 2.45) is 5.10 Å². The molecule has 0 saturated carbocycles. The summed E-state index contributed by atoms with van der Waals surface area (Å²) in [6.07, 6.45) is 5.00. The Morgan fingerprint density at radius 1 is 1.13 bits per heavy atom. The fourth-order valence-electron chi connectivity index (χ4n) is 4.07. The van der Waals surface area contributed by atoms with Gasteiger partial charge in [-0.25, -0.2) is 5.01 Å². The van der Waals surface area contributed by atoms with Crippen LogP contribution in [-0.4, -0.2) is 38.2 Å². The molecule has 158 valence electrons. The molecule has 0 bridgehead atoms. The third-order valence-corrected chi connectivity index (χ3v) is 5.76. The third kappa shape index (κ3) is 4.06. The molecule has 0 fully saturated rings. The Morgan fingerprint density at radius 3 is 2.48 bits per heavy atom. The lowest BCUT2D eigenvalue weighted by atomic mass is 9.89. The number of hydrogen-bond donors (Lipinski definition) is 0. The van der Waals surface area contributed by atoms with E-state index in [4.69, 9.17) is 0 Å². The zero-order valence-corrected chi connectivity index (χ0v) is 18.1. The second-order valence-electron chi connectivity index (χ2n) is 8.20. The summed E-state index contributed by atoms with van der Waals surface area (Å²) in [6.45, 7) is 6.54. The van der Waals surface area contributed by atoms with Crippen LogP contribution in [0.4, 0.5) is 0 Å². The highest BCUT2D eigenvalue weighted by molar-refractivity contribution is 6.08. The van der Waals surface area contributed by atoms with Gasteiger partial charge in [0.05, 0.1) is 24.0 Å². The van der Waals surface area contributed by atoms with E-state index in [0.29, 0.717) is 24.9 Å². The van der Waals surface area contributed by atoms with Crippen molar-refractivity contribution >= 4 is 17.9 Å². The summed E-state index contributed by atoms with van der Waals surface area (Å²) in [5, 5.41) is 10.3.